The van der Waals surface area contributed by atoms with Gasteiger partial charge in [0.15, 0.2) is 0 Å². The van der Waals surface area contributed by atoms with Crippen molar-refractivity contribution in [3.8, 4) is 0 Å². The van der Waals surface area contributed by atoms with E-state index in [1.165, 1.54) is 12.1 Å². The molecule has 0 radical (unpaired) electrons. The van der Waals surface area contributed by atoms with E-state index in [2.05, 4.69) is 5.32 Å². The number of hydrogen-bond acceptors (Lipinski definition) is 2. The number of hydrogen-bond donors (Lipinski definition) is 2. The van der Waals surface area contributed by atoms with Crippen molar-refractivity contribution in [2.75, 3.05) is 6.61 Å². The van der Waals surface area contributed by atoms with Gasteiger partial charge in [-0.25, -0.2) is 4.39 Å². The highest BCUT2D eigenvalue weighted by Crippen LogP contribution is 2.07. The van der Waals surface area contributed by atoms with Crippen LogP contribution in [-0.4, -0.2) is 23.7 Å². The Morgan fingerprint density at radius 2 is 1.95 bits per heavy atom. The van der Waals surface area contributed by atoms with Crippen molar-refractivity contribution < 1.29 is 14.3 Å². The van der Waals surface area contributed by atoms with E-state index in [1.807, 2.05) is 13.8 Å². The van der Waals surface area contributed by atoms with E-state index in [9.17, 15) is 14.3 Å². The lowest BCUT2D eigenvalue weighted by Crippen LogP contribution is -2.38. The average Bonchev–Trinajstić information content (AvgIpc) is 2.36. The lowest BCUT2D eigenvalue weighted by molar-refractivity contribution is -0.122. The monoisotopic (exact) mass is 267 g/mol. The smallest absolute Gasteiger partial charge is 0.220 e. The van der Waals surface area contributed by atoms with Gasteiger partial charge < -0.3 is 10.4 Å². The summed E-state index contributed by atoms with van der Waals surface area (Å²) in [6.45, 7) is 4.06. The molecule has 0 bridgehead atoms. The summed E-state index contributed by atoms with van der Waals surface area (Å²) in [6, 6.07) is 5.96. The Morgan fingerprint density at radius 3 is 2.47 bits per heavy atom. The van der Waals surface area contributed by atoms with Crippen LogP contribution in [0.4, 0.5) is 4.39 Å². The molecule has 2 N–H and O–H groups in total. The maximum atomic E-state index is 12.7. The quantitative estimate of drug-likeness (QED) is 0.796. The molecule has 3 nitrogen and oxygen atoms in total. The van der Waals surface area contributed by atoms with E-state index < -0.39 is 0 Å². The van der Waals surface area contributed by atoms with Crippen molar-refractivity contribution in [2.24, 2.45) is 5.92 Å². The minimum Gasteiger partial charge on any atom is -0.394 e. The molecule has 0 heterocycles. The van der Waals surface area contributed by atoms with Crippen LogP contribution in [0.2, 0.25) is 0 Å². The molecular weight excluding hydrogens is 245 g/mol. The fourth-order valence-electron chi connectivity index (χ4n) is 1.96. The Hall–Kier alpha value is -1.42. The number of benzene rings is 1. The zero-order valence-corrected chi connectivity index (χ0v) is 11.5. The zero-order chi connectivity index (χ0) is 14.3. The van der Waals surface area contributed by atoms with Gasteiger partial charge in [-0.3, -0.25) is 4.79 Å². The zero-order valence-electron chi connectivity index (χ0n) is 11.5. The number of amides is 1. The molecule has 0 spiro atoms. The highest BCUT2D eigenvalue weighted by atomic mass is 19.1. The molecule has 0 aliphatic heterocycles. The van der Waals surface area contributed by atoms with Crippen molar-refractivity contribution in [1.29, 1.82) is 0 Å². The molecule has 0 aliphatic rings. The molecule has 4 heteroatoms. The van der Waals surface area contributed by atoms with Crippen LogP contribution >= 0.6 is 0 Å². The normalized spacial score (nSPS) is 12.5. The second-order valence-electron chi connectivity index (χ2n) is 5.20. The van der Waals surface area contributed by atoms with Crippen molar-refractivity contribution in [2.45, 2.75) is 39.2 Å². The minimum absolute atomic E-state index is 0.0412. The number of carbonyl (C=O) groups excluding carboxylic acids is 1. The molecule has 1 atom stereocenters. The van der Waals surface area contributed by atoms with Crippen LogP contribution in [0, 0.1) is 11.7 Å². The number of rotatable bonds is 7. The van der Waals surface area contributed by atoms with Crippen LogP contribution in [0.15, 0.2) is 24.3 Å². The molecule has 0 saturated carbocycles. The molecule has 1 aromatic rings. The molecule has 1 amide bonds. The maximum Gasteiger partial charge on any atom is 0.220 e. The fourth-order valence-corrected chi connectivity index (χ4v) is 1.96. The largest absolute Gasteiger partial charge is 0.394 e. The Balaban J connectivity index is 2.36. The molecule has 1 rings (SSSR count). The number of aliphatic hydroxyl groups excluding tert-OH is 1. The van der Waals surface area contributed by atoms with Crippen molar-refractivity contribution >= 4 is 5.91 Å². The molecular formula is C15H22FNO2. The molecule has 0 aliphatic carbocycles. The van der Waals surface area contributed by atoms with Gasteiger partial charge in [0.25, 0.3) is 0 Å². The van der Waals surface area contributed by atoms with Crippen LogP contribution in [-0.2, 0) is 11.2 Å². The average molecular weight is 267 g/mol. The highest BCUT2D eigenvalue weighted by molar-refractivity contribution is 5.76. The Bertz CT molecular complexity index is 390. The van der Waals surface area contributed by atoms with E-state index in [4.69, 9.17) is 0 Å². The lowest BCUT2D eigenvalue weighted by atomic mass is 10.0. The van der Waals surface area contributed by atoms with Crippen LogP contribution in [0.3, 0.4) is 0 Å². The number of nitrogens with one attached hydrogen (secondary N) is 1. The van der Waals surface area contributed by atoms with Gasteiger partial charge in [-0.1, -0.05) is 26.0 Å². The summed E-state index contributed by atoms with van der Waals surface area (Å²) in [5, 5.41) is 12.0. The first-order chi connectivity index (χ1) is 9.01. The summed E-state index contributed by atoms with van der Waals surface area (Å²) in [6.07, 6.45) is 1.69. The summed E-state index contributed by atoms with van der Waals surface area (Å²) in [7, 11) is 0. The van der Waals surface area contributed by atoms with Crippen LogP contribution < -0.4 is 5.32 Å². The van der Waals surface area contributed by atoms with Crippen LogP contribution in [0.5, 0.6) is 0 Å². The number of carbonyl (C=O) groups is 1. The number of aliphatic hydroxyl groups is 1. The van der Waals surface area contributed by atoms with Gasteiger partial charge in [-0.2, -0.15) is 0 Å². The van der Waals surface area contributed by atoms with E-state index >= 15 is 0 Å². The van der Waals surface area contributed by atoms with E-state index in [-0.39, 0.29) is 24.4 Å². The van der Waals surface area contributed by atoms with Gasteiger partial charge in [0.1, 0.15) is 5.82 Å². The number of aryl methyl sites for hydroxylation is 1. The van der Waals surface area contributed by atoms with Gasteiger partial charge in [-0.15, -0.1) is 0 Å². The molecule has 0 saturated heterocycles. The van der Waals surface area contributed by atoms with Crippen molar-refractivity contribution in [1.82, 2.24) is 5.32 Å². The molecule has 1 unspecified atom stereocenters. The van der Waals surface area contributed by atoms with Gasteiger partial charge >= 0.3 is 0 Å². The van der Waals surface area contributed by atoms with Crippen molar-refractivity contribution in [3.05, 3.63) is 35.6 Å². The third-order valence-electron chi connectivity index (χ3n) is 2.90. The number of halogens is 1. The predicted molar refractivity (Wildman–Crippen MR) is 73.2 cm³/mol. The second-order valence-corrected chi connectivity index (χ2v) is 5.20. The Morgan fingerprint density at radius 1 is 1.32 bits per heavy atom. The van der Waals surface area contributed by atoms with E-state index in [0.29, 0.717) is 18.8 Å². The molecule has 0 aromatic heterocycles. The van der Waals surface area contributed by atoms with E-state index in [0.717, 1.165) is 12.0 Å². The summed E-state index contributed by atoms with van der Waals surface area (Å²) in [5.74, 6) is 0.0732. The predicted octanol–water partition coefficient (Wildman–Crippen LogP) is 2.28. The van der Waals surface area contributed by atoms with Crippen molar-refractivity contribution in [3.63, 3.8) is 0 Å². The third kappa shape index (κ3) is 6.34. The standard InChI is InChI=1S/C15H22FNO2/c1-11(2)9-14(10-18)17-15(19)8-5-12-3-6-13(16)7-4-12/h3-4,6-7,11,14,18H,5,8-10H2,1-2H3,(H,17,19). The second kappa shape index (κ2) is 7.89. The van der Waals surface area contributed by atoms with Gasteiger partial charge in [0.05, 0.1) is 12.6 Å². The summed E-state index contributed by atoms with van der Waals surface area (Å²) in [5.41, 5.74) is 0.931. The SMILES string of the molecule is CC(C)CC(CO)NC(=O)CCc1ccc(F)cc1. The Labute approximate surface area is 113 Å². The first-order valence-corrected chi connectivity index (χ1v) is 6.66. The summed E-state index contributed by atoms with van der Waals surface area (Å²) >= 11 is 0. The van der Waals surface area contributed by atoms with Gasteiger partial charge in [0, 0.05) is 6.42 Å². The molecule has 0 fully saturated rings. The molecule has 1 aromatic carbocycles. The van der Waals surface area contributed by atoms with Crippen LogP contribution in [0.1, 0.15) is 32.3 Å². The maximum absolute atomic E-state index is 12.7. The van der Waals surface area contributed by atoms with Gasteiger partial charge in [0.2, 0.25) is 5.91 Å². The summed E-state index contributed by atoms with van der Waals surface area (Å²) in [4.78, 5) is 11.7. The summed E-state index contributed by atoms with van der Waals surface area (Å²) < 4.78 is 12.7. The highest BCUT2D eigenvalue weighted by Gasteiger charge is 2.12. The lowest BCUT2D eigenvalue weighted by Gasteiger charge is -2.18. The Kier molecular flexibility index (Phi) is 6.50. The molecule has 19 heavy (non-hydrogen) atoms. The third-order valence-corrected chi connectivity index (χ3v) is 2.90. The minimum atomic E-state index is -0.273. The first kappa shape index (κ1) is 15.6. The van der Waals surface area contributed by atoms with E-state index in [1.54, 1.807) is 12.1 Å². The molecule has 106 valence electrons. The van der Waals surface area contributed by atoms with Crippen LogP contribution in [0.25, 0.3) is 0 Å². The van der Waals surface area contributed by atoms with Gasteiger partial charge in [-0.05, 0) is 36.5 Å². The first-order valence-electron chi connectivity index (χ1n) is 6.66. The topological polar surface area (TPSA) is 49.3 Å². The fraction of sp³-hybridized carbons (Fsp3) is 0.533.